The molecule has 1 saturated carbocycles. The number of aryl methyl sites for hydroxylation is 2. The molecule has 0 aromatic heterocycles. The molecule has 0 amide bonds. The third-order valence-corrected chi connectivity index (χ3v) is 5.81. The molecule has 1 saturated heterocycles. The molecule has 154 valence electrons. The van der Waals surface area contributed by atoms with E-state index in [9.17, 15) is 0 Å². The van der Waals surface area contributed by atoms with E-state index in [1.54, 1.807) is 0 Å². The van der Waals surface area contributed by atoms with E-state index in [4.69, 9.17) is 5.73 Å². The summed E-state index contributed by atoms with van der Waals surface area (Å²) in [7, 11) is 0. The highest BCUT2D eigenvalue weighted by Crippen LogP contribution is 2.30. The summed E-state index contributed by atoms with van der Waals surface area (Å²) in [6.45, 7) is 10.7. The molecule has 1 aliphatic heterocycles. The zero-order valence-electron chi connectivity index (χ0n) is 17.7. The Morgan fingerprint density at radius 1 is 1.00 bits per heavy atom. The van der Waals surface area contributed by atoms with Crippen molar-refractivity contribution in [2.75, 3.05) is 42.9 Å². The number of anilines is 2. The Kier molecular flexibility index (Phi) is 6.05. The lowest BCUT2D eigenvalue weighted by molar-refractivity contribution is 0.248. The van der Waals surface area contributed by atoms with E-state index >= 15 is 0 Å². The van der Waals surface area contributed by atoms with E-state index < -0.39 is 0 Å². The minimum absolute atomic E-state index is 0.450. The second-order valence-corrected chi connectivity index (χ2v) is 8.60. The van der Waals surface area contributed by atoms with Crippen molar-refractivity contribution in [2.45, 2.75) is 33.2 Å². The fourth-order valence-corrected chi connectivity index (χ4v) is 4.08. The van der Waals surface area contributed by atoms with Gasteiger partial charge in [0.05, 0.1) is 6.54 Å². The van der Waals surface area contributed by atoms with Crippen LogP contribution in [0.3, 0.4) is 0 Å². The van der Waals surface area contributed by atoms with Gasteiger partial charge in [0.15, 0.2) is 5.96 Å². The number of hydrogen-bond donors (Lipinski definition) is 2. The van der Waals surface area contributed by atoms with Gasteiger partial charge in [-0.1, -0.05) is 18.2 Å². The molecule has 2 aromatic rings. The van der Waals surface area contributed by atoms with Gasteiger partial charge in [0.2, 0.25) is 0 Å². The Morgan fingerprint density at radius 3 is 2.28 bits per heavy atom. The molecule has 0 bridgehead atoms. The van der Waals surface area contributed by atoms with Crippen molar-refractivity contribution < 1.29 is 0 Å². The van der Waals surface area contributed by atoms with Gasteiger partial charge < -0.3 is 16.0 Å². The van der Waals surface area contributed by atoms with Crippen LogP contribution >= 0.6 is 0 Å². The topological polar surface area (TPSA) is 56.9 Å². The summed E-state index contributed by atoms with van der Waals surface area (Å²) >= 11 is 0. The van der Waals surface area contributed by atoms with Crippen molar-refractivity contribution in [1.82, 2.24) is 4.90 Å². The van der Waals surface area contributed by atoms with Crippen molar-refractivity contribution in [1.29, 1.82) is 0 Å². The quantitative estimate of drug-likeness (QED) is 0.581. The number of guanidine groups is 1. The molecule has 2 aromatic carbocycles. The van der Waals surface area contributed by atoms with Gasteiger partial charge in [-0.05, 0) is 73.6 Å². The highest BCUT2D eigenvalue weighted by Gasteiger charge is 2.26. The van der Waals surface area contributed by atoms with Gasteiger partial charge in [-0.2, -0.15) is 0 Å². The van der Waals surface area contributed by atoms with Crippen LogP contribution in [0.4, 0.5) is 11.4 Å². The summed E-state index contributed by atoms with van der Waals surface area (Å²) < 4.78 is 0. The minimum atomic E-state index is 0.450. The second kappa shape index (κ2) is 8.87. The number of nitrogens with one attached hydrogen (secondary N) is 1. The van der Waals surface area contributed by atoms with Gasteiger partial charge >= 0.3 is 0 Å². The maximum Gasteiger partial charge on any atom is 0.193 e. The van der Waals surface area contributed by atoms with Crippen molar-refractivity contribution in [3.63, 3.8) is 0 Å². The molecule has 0 radical (unpaired) electrons. The number of piperazine rings is 1. The smallest absolute Gasteiger partial charge is 0.193 e. The van der Waals surface area contributed by atoms with E-state index in [2.05, 4.69) is 76.4 Å². The number of benzene rings is 2. The van der Waals surface area contributed by atoms with Gasteiger partial charge in [0, 0.05) is 44.1 Å². The first-order valence-electron chi connectivity index (χ1n) is 10.8. The maximum atomic E-state index is 6.08. The minimum Gasteiger partial charge on any atom is -0.370 e. The van der Waals surface area contributed by atoms with Crippen molar-refractivity contribution in [2.24, 2.45) is 16.6 Å². The highest BCUT2D eigenvalue weighted by molar-refractivity contribution is 5.92. The van der Waals surface area contributed by atoms with Gasteiger partial charge in [-0.25, -0.2) is 4.99 Å². The normalized spacial score (nSPS) is 18.1. The molecule has 3 N–H and O–H groups in total. The summed E-state index contributed by atoms with van der Waals surface area (Å²) in [6, 6.07) is 15.1. The summed E-state index contributed by atoms with van der Waals surface area (Å²) in [6.07, 6.45) is 2.88. The molecule has 29 heavy (non-hydrogen) atoms. The Morgan fingerprint density at radius 2 is 1.66 bits per heavy atom. The number of rotatable bonds is 6. The molecule has 0 spiro atoms. The molecule has 2 fully saturated rings. The largest absolute Gasteiger partial charge is 0.370 e. The predicted molar refractivity (Wildman–Crippen MR) is 123 cm³/mol. The summed E-state index contributed by atoms with van der Waals surface area (Å²) in [5, 5.41) is 3.19. The van der Waals surface area contributed by atoms with Crippen LogP contribution in [0.25, 0.3) is 0 Å². The van der Waals surface area contributed by atoms with Crippen LogP contribution < -0.4 is 16.0 Å². The highest BCUT2D eigenvalue weighted by atomic mass is 15.3. The number of nitrogens with two attached hydrogens (primary N) is 1. The molecule has 1 aliphatic carbocycles. The van der Waals surface area contributed by atoms with Crippen LogP contribution in [0.1, 0.15) is 29.5 Å². The molecule has 2 aliphatic rings. The molecule has 5 heteroatoms. The lowest BCUT2D eigenvalue weighted by Crippen LogP contribution is -2.47. The first-order valence-corrected chi connectivity index (χ1v) is 10.8. The molecule has 0 unspecified atom stereocenters. The van der Waals surface area contributed by atoms with E-state index in [0.717, 1.165) is 24.7 Å². The van der Waals surface area contributed by atoms with Crippen LogP contribution in [0.2, 0.25) is 0 Å². The SMILES string of the molecule is Cc1cc(C)cc(NC(N)=NCc2ccc(N3CCN(CC4CC4)CC3)cc2)c1. The zero-order valence-corrected chi connectivity index (χ0v) is 17.7. The van der Waals surface area contributed by atoms with E-state index in [1.165, 1.54) is 54.9 Å². The van der Waals surface area contributed by atoms with Crippen molar-refractivity contribution in [3.05, 3.63) is 59.2 Å². The van der Waals surface area contributed by atoms with Crippen LogP contribution in [-0.4, -0.2) is 43.6 Å². The summed E-state index contributed by atoms with van der Waals surface area (Å²) in [5.74, 6) is 1.43. The van der Waals surface area contributed by atoms with Crippen LogP contribution in [-0.2, 0) is 6.54 Å². The molecule has 4 rings (SSSR count). The molecule has 0 atom stereocenters. The Bertz CT molecular complexity index is 826. The summed E-state index contributed by atoms with van der Waals surface area (Å²) in [5.41, 5.74) is 12.0. The lowest BCUT2D eigenvalue weighted by Gasteiger charge is -2.36. The summed E-state index contributed by atoms with van der Waals surface area (Å²) in [4.78, 5) is 9.62. The van der Waals surface area contributed by atoms with Crippen molar-refractivity contribution >= 4 is 17.3 Å². The second-order valence-electron chi connectivity index (χ2n) is 8.60. The van der Waals surface area contributed by atoms with Crippen LogP contribution in [0.5, 0.6) is 0 Å². The molecule has 1 heterocycles. The first kappa shape index (κ1) is 19.8. The molecule has 5 nitrogen and oxygen atoms in total. The number of nitrogens with zero attached hydrogens (tertiary/aromatic N) is 3. The van der Waals surface area contributed by atoms with Crippen LogP contribution in [0.15, 0.2) is 47.5 Å². The number of aliphatic imine (C=N–C) groups is 1. The van der Waals surface area contributed by atoms with E-state index in [-0.39, 0.29) is 0 Å². The first-order chi connectivity index (χ1) is 14.0. The standard InChI is InChI=1S/C24H33N5/c1-18-13-19(2)15-22(14-18)27-24(25)26-16-20-5-7-23(8-6-20)29-11-9-28(10-12-29)17-21-3-4-21/h5-8,13-15,21H,3-4,9-12,16-17H2,1-2H3,(H3,25,26,27). The molecular formula is C24H33N5. The molecular weight excluding hydrogens is 358 g/mol. The van der Waals surface area contributed by atoms with Gasteiger partial charge in [-0.3, -0.25) is 4.90 Å². The Hall–Kier alpha value is -2.53. The van der Waals surface area contributed by atoms with Gasteiger partial charge in [0.1, 0.15) is 0 Å². The maximum absolute atomic E-state index is 6.08. The predicted octanol–water partition coefficient (Wildman–Crippen LogP) is 3.76. The average Bonchev–Trinajstić information content (AvgIpc) is 3.51. The Labute approximate surface area is 174 Å². The third kappa shape index (κ3) is 5.73. The average molecular weight is 392 g/mol. The zero-order chi connectivity index (χ0) is 20.2. The number of hydrogen-bond acceptors (Lipinski definition) is 3. The van der Waals surface area contributed by atoms with Crippen molar-refractivity contribution in [3.8, 4) is 0 Å². The third-order valence-electron chi connectivity index (χ3n) is 5.81. The fraction of sp³-hybridized carbons (Fsp3) is 0.458. The van der Waals surface area contributed by atoms with E-state index in [1.807, 2.05) is 0 Å². The Balaban J connectivity index is 1.28. The lowest BCUT2D eigenvalue weighted by atomic mass is 10.1. The van der Waals surface area contributed by atoms with E-state index in [0.29, 0.717) is 12.5 Å². The monoisotopic (exact) mass is 391 g/mol. The van der Waals surface area contributed by atoms with Gasteiger partial charge in [0.25, 0.3) is 0 Å². The fourth-order valence-electron chi connectivity index (χ4n) is 4.08. The van der Waals surface area contributed by atoms with Gasteiger partial charge in [-0.15, -0.1) is 0 Å². The van der Waals surface area contributed by atoms with Crippen LogP contribution in [0, 0.1) is 19.8 Å².